The molecule has 10 aromatic carbocycles. The molecule has 0 saturated heterocycles. The van der Waals surface area contributed by atoms with Gasteiger partial charge in [-0.25, -0.2) is 9.98 Å². The standard InChI is InChI=1S/C36H40N2.2C28H40N2.C26H36N2.2CH3.4Ni.6H/c1-21(2)26-15-11-16-27(22(3)4)33(26)37-35-30-19-9-13-25-14-10-20-31(32(25)30)36(35)38-34-28(23(5)6)17-12-18-29(34)24(7)8;2*1-17(2)23-13-11-14-24(18(3)4)27(23)29-21(9)22(10)30-28-25(19(5)6)15-12-16-26(28)20(7)8;1-17(2)21-11-9-12-22(18(3)4)25(21)27-15-16-28-26-23(19(5)6)13-10-14-24(26)20(7)8;;;;;;;;;;;;/h9-24H,1-8H3;2*11-20H,1-10H3;9-20H,1-8H3;2*1H3;;;;;;;;;;/q;;;;2*-1;;;;;;;;;;. The zero-order valence-electron chi connectivity index (χ0n) is 87.7. The Morgan fingerprint density at radius 1 is 0.197 bits per heavy atom. The Morgan fingerprint density at radius 3 is 0.485 bits per heavy atom. The second-order valence-electron chi connectivity index (χ2n) is 39.7. The zero-order chi connectivity index (χ0) is 93.2. The molecule has 0 bridgehead atoms. The Labute approximate surface area is 843 Å². The molecule has 8 nitrogen and oxygen atoms in total. The first kappa shape index (κ1) is 120. The SMILES string of the molecule is CC(=Nc1c(C(C)C)cccc1C(C)C)C(C)=Nc1c(C(C)C)cccc1C(C)C.CC(=Nc1c(C(C)C)cccc1C(C)C)C(C)=Nc1c(C(C)C)cccc1C(C)C.CC(C)c1cccc(C(C)C)c1N=C1C(=Nc2c(C(C)C)cccc2C(C)C)c2cccc3cccc1c23.CC(C)c1cccc(C(C)C)c1N=CC=Nc1c(C(C)C)cccc1C(C)C.[CH3-].[CH3-].[NiH2].[NiH2].[NiH].[NiH]. The van der Waals surface area contributed by atoms with E-state index in [9.17, 15) is 0 Å². The zero-order valence-corrected chi connectivity index (χ0v) is 92.0. The number of nitrogens with zero attached hydrogens (tertiary/aromatic N) is 8. The minimum absolute atomic E-state index is 0. The van der Waals surface area contributed by atoms with Gasteiger partial charge in [0.1, 0.15) is 0 Å². The third kappa shape index (κ3) is 30.1. The van der Waals surface area contributed by atoms with E-state index in [2.05, 4.69) is 431 Å². The van der Waals surface area contributed by atoms with Gasteiger partial charge in [-0.05, 0) is 217 Å². The maximum atomic E-state index is 5.55. The Morgan fingerprint density at radius 2 is 0.333 bits per heavy atom. The van der Waals surface area contributed by atoms with Crippen LogP contribution in [0.4, 0.5) is 45.5 Å². The van der Waals surface area contributed by atoms with Crippen LogP contribution in [0.3, 0.4) is 0 Å². The molecule has 10 aromatic rings. The molecule has 12 heteroatoms. The summed E-state index contributed by atoms with van der Waals surface area (Å²) in [6.07, 6.45) is 3.71. The molecule has 0 amide bonds. The normalized spacial score (nSPS) is 13.1. The first-order chi connectivity index (χ1) is 59.5. The monoisotopic (exact) mass is 1950 g/mol. The molecule has 11 rings (SSSR count). The number of hydrogen-bond donors (Lipinski definition) is 0. The number of para-hydroxylation sites is 8. The fourth-order valence-corrected chi connectivity index (χ4v) is 16.8. The fourth-order valence-electron chi connectivity index (χ4n) is 16.8. The van der Waals surface area contributed by atoms with Gasteiger partial charge >= 0.3 is 66.0 Å². The van der Waals surface area contributed by atoms with Crippen molar-refractivity contribution in [2.45, 2.75) is 344 Å². The van der Waals surface area contributed by atoms with Crippen molar-refractivity contribution in [3.8, 4) is 0 Å². The van der Waals surface area contributed by atoms with Crippen LogP contribution in [-0.2, 0) is 66.0 Å². The third-order valence-electron chi connectivity index (χ3n) is 24.5. The van der Waals surface area contributed by atoms with E-state index in [-0.39, 0.29) is 80.8 Å². The van der Waals surface area contributed by atoms with Gasteiger partial charge in [0.2, 0.25) is 0 Å². The summed E-state index contributed by atoms with van der Waals surface area (Å²) in [5, 5.41) is 2.49. The van der Waals surface area contributed by atoms with Gasteiger partial charge in [-0.15, -0.1) is 0 Å². The molecule has 0 atom stereocenters. The van der Waals surface area contributed by atoms with Crippen LogP contribution in [0.15, 0.2) is 222 Å². The van der Waals surface area contributed by atoms with Crippen LogP contribution in [0.1, 0.15) is 444 Å². The molecule has 0 saturated carbocycles. The molecule has 0 aliphatic heterocycles. The van der Waals surface area contributed by atoms with E-state index in [0.29, 0.717) is 94.7 Å². The topological polar surface area (TPSA) is 98.9 Å². The number of rotatable bonds is 27. The number of hydrogen-bond acceptors (Lipinski definition) is 8. The number of aliphatic imine (C=N–C) groups is 8. The molecule has 1 aliphatic carbocycles. The second kappa shape index (κ2) is 55.1. The van der Waals surface area contributed by atoms with Gasteiger partial charge in [0, 0.05) is 28.9 Å². The van der Waals surface area contributed by atoms with Crippen molar-refractivity contribution in [1.29, 1.82) is 0 Å². The predicted octanol–water partition coefficient (Wildman–Crippen LogP) is 36.3. The second-order valence-corrected chi connectivity index (χ2v) is 39.7. The van der Waals surface area contributed by atoms with Gasteiger partial charge in [0.05, 0.1) is 79.8 Å². The van der Waals surface area contributed by atoms with Gasteiger partial charge in [0.25, 0.3) is 0 Å². The summed E-state index contributed by atoms with van der Waals surface area (Å²) in [6.45, 7) is 80.0. The van der Waals surface area contributed by atoms with Crippen molar-refractivity contribution in [2.75, 3.05) is 0 Å². The van der Waals surface area contributed by atoms with Gasteiger partial charge < -0.3 is 14.9 Å². The number of benzene rings is 10. The third-order valence-corrected chi connectivity index (χ3v) is 24.5. The van der Waals surface area contributed by atoms with E-state index in [1.54, 1.807) is 0 Å². The van der Waals surface area contributed by atoms with Crippen LogP contribution in [-0.4, -0.2) is 46.7 Å². The molecule has 0 heterocycles. The quantitative estimate of drug-likeness (QED) is 0.0278. The molecule has 730 valence electrons. The van der Waals surface area contributed by atoms with Crippen molar-refractivity contribution in [2.24, 2.45) is 39.9 Å². The van der Waals surface area contributed by atoms with Gasteiger partial charge in [-0.1, -0.05) is 404 Å². The molecular formula is C120H168N8Ni4-2. The van der Waals surface area contributed by atoms with Crippen molar-refractivity contribution in [3.63, 3.8) is 0 Å². The molecular weight excluding hydrogens is 1790 g/mol. The first-order valence-corrected chi connectivity index (χ1v) is 47.5. The first-order valence-electron chi connectivity index (χ1n) is 47.5. The maximum absolute atomic E-state index is 5.55. The van der Waals surface area contributed by atoms with E-state index in [1.807, 2.05) is 12.4 Å². The fraction of sp³-hybridized carbons (Fsp3) is 0.433. The van der Waals surface area contributed by atoms with E-state index in [4.69, 9.17) is 39.9 Å². The van der Waals surface area contributed by atoms with Crippen molar-refractivity contribution >= 4 is 103 Å². The molecule has 0 N–H and O–H groups in total. The minimum atomic E-state index is 0. The molecule has 0 fully saturated rings. The molecule has 0 spiro atoms. The van der Waals surface area contributed by atoms with Gasteiger partial charge in [-0.2, -0.15) is 0 Å². The molecule has 1 aliphatic rings. The summed E-state index contributed by atoms with van der Waals surface area (Å²) in [6, 6.07) is 65.8. The van der Waals surface area contributed by atoms with E-state index in [0.717, 1.165) is 79.8 Å². The summed E-state index contributed by atoms with van der Waals surface area (Å²) in [5.41, 5.74) is 37.9. The van der Waals surface area contributed by atoms with E-state index >= 15 is 0 Å². The van der Waals surface area contributed by atoms with Crippen LogP contribution in [0.25, 0.3) is 10.8 Å². The van der Waals surface area contributed by atoms with Gasteiger partial charge in [-0.3, -0.25) is 30.0 Å². The summed E-state index contributed by atoms with van der Waals surface area (Å²) in [7, 11) is 0. The summed E-state index contributed by atoms with van der Waals surface area (Å²) in [4.78, 5) is 41.3. The van der Waals surface area contributed by atoms with E-state index < -0.39 is 0 Å². The van der Waals surface area contributed by atoms with Crippen LogP contribution in [0.2, 0.25) is 0 Å². The van der Waals surface area contributed by atoms with Crippen molar-refractivity contribution < 1.29 is 66.0 Å². The summed E-state index contributed by atoms with van der Waals surface area (Å²) in [5.74, 6) is 6.73. The summed E-state index contributed by atoms with van der Waals surface area (Å²) >= 11 is 0. The van der Waals surface area contributed by atoms with E-state index in [1.165, 1.54) is 111 Å². The van der Waals surface area contributed by atoms with Crippen LogP contribution >= 0.6 is 0 Å². The van der Waals surface area contributed by atoms with Crippen molar-refractivity contribution in [1.82, 2.24) is 0 Å². The Bertz CT molecular complexity index is 4940. The predicted molar refractivity (Wildman–Crippen MR) is 582 cm³/mol. The molecule has 0 aromatic heterocycles. The van der Waals surface area contributed by atoms with Crippen LogP contribution in [0.5, 0.6) is 0 Å². The average Bonchev–Trinajstić information content (AvgIpc) is 1.58. The Kier molecular flexibility index (Phi) is 50.0. The van der Waals surface area contributed by atoms with Crippen molar-refractivity contribution in [3.05, 3.63) is 297 Å². The van der Waals surface area contributed by atoms with Crippen LogP contribution < -0.4 is 0 Å². The molecule has 0 unspecified atom stereocenters. The molecule has 0 radical (unpaired) electrons. The molecule has 132 heavy (non-hydrogen) atoms. The van der Waals surface area contributed by atoms with Crippen LogP contribution in [0, 0.1) is 14.9 Å². The summed E-state index contributed by atoms with van der Waals surface area (Å²) < 4.78 is 0. The Hall–Kier alpha value is -8.21. The average molecular weight is 1960 g/mol. The van der Waals surface area contributed by atoms with Gasteiger partial charge in [0.15, 0.2) is 0 Å². The Balaban J connectivity index is 0.000000591.